The Morgan fingerprint density at radius 3 is 2.41 bits per heavy atom. The third kappa shape index (κ3) is 4.84. The first kappa shape index (κ1) is 17.0. The zero-order chi connectivity index (χ0) is 16.2. The van der Waals surface area contributed by atoms with Gasteiger partial charge in [-0.15, -0.1) is 0 Å². The molecule has 0 saturated heterocycles. The summed E-state index contributed by atoms with van der Waals surface area (Å²) in [7, 11) is 0. The molecule has 0 aliphatic heterocycles. The van der Waals surface area contributed by atoms with Crippen molar-refractivity contribution in [2.75, 3.05) is 0 Å². The predicted molar refractivity (Wildman–Crippen MR) is 90.1 cm³/mol. The van der Waals surface area contributed by atoms with Crippen molar-refractivity contribution >= 4 is 5.97 Å². The molecule has 0 heterocycles. The minimum absolute atomic E-state index is 0.353. The van der Waals surface area contributed by atoms with Crippen LogP contribution in [0.2, 0.25) is 0 Å². The van der Waals surface area contributed by atoms with E-state index in [9.17, 15) is 4.79 Å². The lowest BCUT2D eigenvalue weighted by Crippen LogP contribution is -2.28. The van der Waals surface area contributed by atoms with Gasteiger partial charge in [-0.1, -0.05) is 39.3 Å². The molecular weight excluding hydrogens is 274 g/mol. The van der Waals surface area contributed by atoms with Crippen LogP contribution in [0.3, 0.4) is 0 Å². The summed E-state index contributed by atoms with van der Waals surface area (Å²) in [4.78, 5) is 10.9. The van der Waals surface area contributed by atoms with Gasteiger partial charge in [0.15, 0.2) is 0 Å². The number of carboxylic acid groups (broad SMARTS) is 1. The molecule has 1 aromatic carbocycles. The zero-order valence-electron chi connectivity index (χ0n) is 14.1. The first-order chi connectivity index (χ1) is 10.4. The second kappa shape index (κ2) is 7.28. The summed E-state index contributed by atoms with van der Waals surface area (Å²) in [5.41, 5.74) is 1.93. The van der Waals surface area contributed by atoms with Crippen LogP contribution < -0.4 is 5.32 Å². The summed E-state index contributed by atoms with van der Waals surface area (Å²) in [6.45, 7) is 7.89. The smallest absolute Gasteiger partial charge is 0.335 e. The minimum atomic E-state index is -0.864. The van der Waals surface area contributed by atoms with E-state index in [1.807, 2.05) is 12.1 Å². The molecular formula is C19H29NO2. The van der Waals surface area contributed by atoms with Gasteiger partial charge < -0.3 is 10.4 Å². The van der Waals surface area contributed by atoms with Gasteiger partial charge in [-0.3, -0.25) is 0 Å². The zero-order valence-corrected chi connectivity index (χ0v) is 14.1. The van der Waals surface area contributed by atoms with Gasteiger partial charge in [-0.05, 0) is 54.7 Å². The number of hydrogen-bond acceptors (Lipinski definition) is 2. The standard InChI is InChI=1S/C19H29NO2/c1-19(2,3)16-5-4-6-17(12-11-16)20-13-14-7-9-15(10-8-14)18(21)22/h7-10,16-17,20H,4-6,11-13H2,1-3H3,(H,21,22). The molecule has 2 N–H and O–H groups in total. The van der Waals surface area contributed by atoms with Crippen LogP contribution in [0.25, 0.3) is 0 Å². The number of nitrogens with one attached hydrogen (secondary N) is 1. The van der Waals surface area contributed by atoms with Crippen LogP contribution in [-0.4, -0.2) is 17.1 Å². The number of benzene rings is 1. The van der Waals surface area contributed by atoms with Crippen LogP contribution in [0.15, 0.2) is 24.3 Å². The maximum atomic E-state index is 10.9. The van der Waals surface area contributed by atoms with Crippen molar-refractivity contribution in [1.82, 2.24) is 5.32 Å². The number of aromatic carboxylic acids is 1. The molecule has 3 nitrogen and oxygen atoms in total. The van der Waals surface area contributed by atoms with Gasteiger partial charge in [0.25, 0.3) is 0 Å². The van der Waals surface area contributed by atoms with Gasteiger partial charge in [-0.2, -0.15) is 0 Å². The Morgan fingerprint density at radius 2 is 1.82 bits per heavy atom. The molecule has 2 unspecified atom stereocenters. The fourth-order valence-corrected chi connectivity index (χ4v) is 3.40. The molecule has 0 radical (unpaired) electrons. The van der Waals surface area contributed by atoms with Crippen molar-refractivity contribution in [2.24, 2.45) is 11.3 Å². The Bertz CT molecular complexity index is 487. The maximum Gasteiger partial charge on any atom is 0.335 e. The summed E-state index contributed by atoms with van der Waals surface area (Å²) < 4.78 is 0. The van der Waals surface area contributed by atoms with Crippen molar-refractivity contribution in [1.29, 1.82) is 0 Å². The van der Waals surface area contributed by atoms with Crippen molar-refractivity contribution in [3.05, 3.63) is 35.4 Å². The molecule has 0 bridgehead atoms. The lowest BCUT2D eigenvalue weighted by molar-refractivity contribution is 0.0697. The number of rotatable bonds is 4. The van der Waals surface area contributed by atoms with Gasteiger partial charge in [0.1, 0.15) is 0 Å². The van der Waals surface area contributed by atoms with E-state index >= 15 is 0 Å². The van der Waals surface area contributed by atoms with Crippen molar-refractivity contribution < 1.29 is 9.90 Å². The summed E-state index contributed by atoms with van der Waals surface area (Å²) in [6.07, 6.45) is 6.45. The van der Waals surface area contributed by atoms with Crippen LogP contribution in [0.1, 0.15) is 68.8 Å². The first-order valence-corrected chi connectivity index (χ1v) is 8.42. The normalized spacial score (nSPS) is 23.0. The Hall–Kier alpha value is -1.35. The monoisotopic (exact) mass is 303 g/mol. The molecule has 1 saturated carbocycles. The SMILES string of the molecule is CC(C)(C)C1CCCC(NCc2ccc(C(=O)O)cc2)CC1. The lowest BCUT2D eigenvalue weighted by Gasteiger charge is -2.29. The van der Waals surface area contributed by atoms with Gasteiger partial charge >= 0.3 is 5.97 Å². The topological polar surface area (TPSA) is 49.3 Å². The fraction of sp³-hybridized carbons (Fsp3) is 0.632. The van der Waals surface area contributed by atoms with Gasteiger partial charge in [0, 0.05) is 12.6 Å². The summed E-state index contributed by atoms with van der Waals surface area (Å²) in [5, 5.41) is 12.6. The van der Waals surface area contributed by atoms with Crippen LogP contribution in [0.4, 0.5) is 0 Å². The van der Waals surface area contributed by atoms with E-state index in [2.05, 4.69) is 26.1 Å². The predicted octanol–water partition coefficient (Wildman–Crippen LogP) is 4.47. The van der Waals surface area contributed by atoms with E-state index < -0.39 is 5.97 Å². The molecule has 122 valence electrons. The van der Waals surface area contributed by atoms with Crippen LogP contribution in [0, 0.1) is 11.3 Å². The van der Waals surface area contributed by atoms with E-state index in [1.165, 1.54) is 32.1 Å². The molecule has 2 rings (SSSR count). The van der Waals surface area contributed by atoms with E-state index in [0.717, 1.165) is 18.0 Å². The molecule has 0 amide bonds. The highest BCUT2D eigenvalue weighted by molar-refractivity contribution is 5.87. The number of hydrogen-bond donors (Lipinski definition) is 2. The van der Waals surface area contributed by atoms with Crippen LogP contribution >= 0.6 is 0 Å². The van der Waals surface area contributed by atoms with E-state index in [0.29, 0.717) is 17.0 Å². The van der Waals surface area contributed by atoms with Crippen LogP contribution in [-0.2, 0) is 6.54 Å². The quantitative estimate of drug-likeness (QED) is 0.807. The van der Waals surface area contributed by atoms with Crippen LogP contribution in [0.5, 0.6) is 0 Å². The van der Waals surface area contributed by atoms with Crippen molar-refractivity contribution in [3.63, 3.8) is 0 Å². The highest BCUT2D eigenvalue weighted by atomic mass is 16.4. The first-order valence-electron chi connectivity index (χ1n) is 8.42. The second-order valence-electron chi connectivity index (χ2n) is 7.65. The average Bonchev–Trinajstić information content (AvgIpc) is 2.70. The highest BCUT2D eigenvalue weighted by Gasteiger charge is 2.27. The summed E-state index contributed by atoms with van der Waals surface area (Å²) in [6, 6.07) is 7.77. The molecule has 1 aliphatic carbocycles. The van der Waals surface area contributed by atoms with E-state index in [1.54, 1.807) is 12.1 Å². The molecule has 2 atom stereocenters. The van der Waals surface area contributed by atoms with Gasteiger partial charge in [-0.25, -0.2) is 4.79 Å². The van der Waals surface area contributed by atoms with E-state index in [-0.39, 0.29) is 0 Å². The molecule has 0 aromatic heterocycles. The minimum Gasteiger partial charge on any atom is -0.478 e. The molecule has 1 fully saturated rings. The van der Waals surface area contributed by atoms with Crippen molar-refractivity contribution in [3.8, 4) is 0 Å². The van der Waals surface area contributed by atoms with Gasteiger partial charge in [0.2, 0.25) is 0 Å². The van der Waals surface area contributed by atoms with Crippen molar-refractivity contribution in [2.45, 2.75) is 65.5 Å². The Morgan fingerprint density at radius 1 is 1.14 bits per heavy atom. The maximum absolute atomic E-state index is 10.9. The Kier molecular flexibility index (Phi) is 5.63. The third-order valence-electron chi connectivity index (χ3n) is 4.99. The largest absolute Gasteiger partial charge is 0.478 e. The molecule has 1 aliphatic rings. The van der Waals surface area contributed by atoms with Gasteiger partial charge in [0.05, 0.1) is 5.56 Å². The summed E-state index contributed by atoms with van der Waals surface area (Å²) >= 11 is 0. The summed E-state index contributed by atoms with van der Waals surface area (Å²) in [5.74, 6) is -0.0364. The van der Waals surface area contributed by atoms with E-state index in [4.69, 9.17) is 5.11 Å². The Balaban J connectivity index is 1.83. The average molecular weight is 303 g/mol. The molecule has 0 spiro atoms. The second-order valence-corrected chi connectivity index (χ2v) is 7.65. The third-order valence-corrected chi connectivity index (χ3v) is 4.99. The molecule has 22 heavy (non-hydrogen) atoms. The fourth-order valence-electron chi connectivity index (χ4n) is 3.40. The highest BCUT2D eigenvalue weighted by Crippen LogP contribution is 2.36. The number of carboxylic acids is 1. The Labute approximate surface area is 134 Å². The molecule has 3 heteroatoms. The lowest BCUT2D eigenvalue weighted by atomic mass is 9.76. The number of carbonyl (C=O) groups is 1. The molecule has 1 aromatic rings.